The van der Waals surface area contributed by atoms with Crippen molar-refractivity contribution in [2.24, 2.45) is 0 Å². The molecule has 0 spiro atoms. The van der Waals surface area contributed by atoms with Gasteiger partial charge in [-0.1, -0.05) is 6.07 Å². The van der Waals surface area contributed by atoms with Crippen LogP contribution in [0.5, 0.6) is 0 Å². The molecule has 2 unspecified atom stereocenters. The Morgan fingerprint density at radius 2 is 1.85 bits per heavy atom. The molecule has 4 rings (SSSR count). The van der Waals surface area contributed by atoms with Crippen LogP contribution in [0.2, 0.25) is 0 Å². The highest BCUT2D eigenvalue weighted by Gasteiger charge is 2.39. The topological polar surface area (TPSA) is 102 Å². The number of amides is 4. The van der Waals surface area contributed by atoms with E-state index in [0.717, 1.165) is 12.1 Å². The first kappa shape index (κ1) is 23.7. The molecule has 2 aromatic rings. The van der Waals surface area contributed by atoms with Crippen LogP contribution in [0.25, 0.3) is 0 Å². The van der Waals surface area contributed by atoms with Crippen molar-refractivity contribution in [3.8, 4) is 0 Å². The molecule has 0 aliphatic carbocycles. The van der Waals surface area contributed by atoms with E-state index in [2.05, 4.69) is 10.6 Å². The van der Waals surface area contributed by atoms with Crippen molar-refractivity contribution in [2.45, 2.75) is 24.9 Å². The summed E-state index contributed by atoms with van der Waals surface area (Å²) in [7, 11) is 3.84. The summed E-state index contributed by atoms with van der Waals surface area (Å²) in [5.41, 5.74) is 1.43. The fraction of sp³-hybridized carbons (Fsp3) is 0.417. The highest BCUT2D eigenvalue weighted by Crippen LogP contribution is 2.21. The molecule has 1 aromatic heterocycles. The molecule has 9 nitrogen and oxygen atoms in total. The third-order valence-electron chi connectivity index (χ3n) is 6.20. The van der Waals surface area contributed by atoms with Crippen LogP contribution in [0.3, 0.4) is 0 Å². The van der Waals surface area contributed by atoms with Gasteiger partial charge in [0.25, 0.3) is 11.8 Å². The molecular weight excluding hydrogens is 454 g/mol. The zero-order chi connectivity index (χ0) is 24.2. The fourth-order valence-corrected chi connectivity index (χ4v) is 4.93. The second kappa shape index (κ2) is 10.3. The quantitative estimate of drug-likeness (QED) is 0.665. The Labute approximate surface area is 202 Å². The summed E-state index contributed by atoms with van der Waals surface area (Å²) < 4.78 is 0. The summed E-state index contributed by atoms with van der Waals surface area (Å²) >= 11 is 1.34. The van der Waals surface area contributed by atoms with Gasteiger partial charge in [-0.15, -0.1) is 11.3 Å². The number of carbonyl (C=O) groups is 4. The van der Waals surface area contributed by atoms with Crippen molar-refractivity contribution in [1.29, 1.82) is 0 Å². The van der Waals surface area contributed by atoms with Crippen molar-refractivity contribution in [3.05, 3.63) is 52.2 Å². The van der Waals surface area contributed by atoms with Crippen molar-refractivity contribution >= 4 is 40.7 Å². The zero-order valence-corrected chi connectivity index (χ0v) is 20.1. The number of piperazine rings is 1. The predicted octanol–water partition coefficient (Wildman–Crippen LogP) is 1.18. The smallest absolute Gasteiger partial charge is 0.264 e. The molecule has 2 saturated heterocycles. The van der Waals surface area contributed by atoms with E-state index in [4.69, 9.17) is 0 Å². The van der Waals surface area contributed by atoms with Gasteiger partial charge in [-0.25, -0.2) is 0 Å². The van der Waals surface area contributed by atoms with E-state index in [-0.39, 0.29) is 30.8 Å². The number of rotatable bonds is 5. The predicted molar refractivity (Wildman–Crippen MR) is 130 cm³/mol. The molecule has 2 aliphatic rings. The normalized spacial score (nSPS) is 20.5. The van der Waals surface area contributed by atoms with Crippen LogP contribution < -0.4 is 15.5 Å². The van der Waals surface area contributed by atoms with E-state index in [0.29, 0.717) is 30.0 Å². The van der Waals surface area contributed by atoms with Gasteiger partial charge in [0.1, 0.15) is 12.1 Å². The number of nitrogens with one attached hydrogen (secondary N) is 2. The van der Waals surface area contributed by atoms with E-state index in [9.17, 15) is 19.2 Å². The first-order chi connectivity index (χ1) is 16.3. The number of thiophene rings is 1. The Hall–Kier alpha value is -3.40. The lowest BCUT2D eigenvalue weighted by Crippen LogP contribution is -2.63. The minimum absolute atomic E-state index is 0.0679. The van der Waals surface area contributed by atoms with Crippen LogP contribution in [-0.2, 0) is 9.59 Å². The molecule has 0 bridgehead atoms. The second-order valence-corrected chi connectivity index (χ2v) is 9.63. The number of benzene rings is 1. The summed E-state index contributed by atoms with van der Waals surface area (Å²) in [4.78, 5) is 57.5. The summed E-state index contributed by atoms with van der Waals surface area (Å²) in [5.74, 6) is -1.09. The standard InChI is InChI=1S/C24H29N5O4S/c1-27(2)17-9-7-16(8-10-17)23(32)29-13-12-28(24(33)20-6-4-14-34-20)15-19(29)22(31)26-18-5-3-11-25-21(18)30/h4,6-10,14,18-19H,3,5,11-13,15H2,1-2H3,(H,25,30)(H,26,31). The number of hydrogen-bond donors (Lipinski definition) is 2. The maximum atomic E-state index is 13.4. The molecule has 2 fully saturated rings. The van der Waals surface area contributed by atoms with E-state index < -0.39 is 18.0 Å². The molecule has 180 valence electrons. The van der Waals surface area contributed by atoms with Crippen molar-refractivity contribution in [1.82, 2.24) is 20.4 Å². The Morgan fingerprint density at radius 1 is 1.09 bits per heavy atom. The van der Waals surface area contributed by atoms with Gasteiger partial charge in [0.15, 0.2) is 0 Å². The van der Waals surface area contributed by atoms with Crippen LogP contribution >= 0.6 is 11.3 Å². The first-order valence-electron chi connectivity index (χ1n) is 11.3. The van der Waals surface area contributed by atoms with Crippen molar-refractivity contribution in [3.63, 3.8) is 0 Å². The van der Waals surface area contributed by atoms with Crippen LogP contribution in [0, 0.1) is 0 Å². The molecule has 3 heterocycles. The van der Waals surface area contributed by atoms with E-state index in [1.54, 1.807) is 29.2 Å². The number of anilines is 1. The molecule has 0 radical (unpaired) electrons. The summed E-state index contributed by atoms with van der Waals surface area (Å²) in [6, 6.07) is 9.21. The highest BCUT2D eigenvalue weighted by atomic mass is 32.1. The number of nitrogens with zero attached hydrogens (tertiary/aromatic N) is 3. The van der Waals surface area contributed by atoms with Crippen LogP contribution in [0.15, 0.2) is 41.8 Å². The van der Waals surface area contributed by atoms with Gasteiger partial charge in [-0.05, 0) is 48.6 Å². The Bertz CT molecular complexity index is 1050. The van der Waals surface area contributed by atoms with Gasteiger partial charge in [-0.2, -0.15) is 0 Å². The summed E-state index contributed by atoms with van der Waals surface area (Å²) in [6.07, 6.45) is 1.31. The summed E-state index contributed by atoms with van der Waals surface area (Å²) in [5, 5.41) is 7.39. The molecule has 2 atom stereocenters. The lowest BCUT2D eigenvalue weighted by Gasteiger charge is -2.41. The highest BCUT2D eigenvalue weighted by molar-refractivity contribution is 7.12. The fourth-order valence-electron chi connectivity index (χ4n) is 4.24. The SMILES string of the molecule is CN(C)c1ccc(C(=O)N2CCN(C(=O)c3cccs3)CC2C(=O)NC2CCCNC2=O)cc1. The van der Waals surface area contributed by atoms with Crippen LogP contribution in [-0.4, -0.2) is 85.8 Å². The molecular formula is C24H29N5O4S. The van der Waals surface area contributed by atoms with Crippen LogP contribution in [0.1, 0.15) is 32.9 Å². The minimum atomic E-state index is -0.895. The number of piperidine rings is 1. The average molecular weight is 484 g/mol. The molecule has 10 heteroatoms. The second-order valence-electron chi connectivity index (χ2n) is 8.68. The Morgan fingerprint density at radius 3 is 2.50 bits per heavy atom. The maximum Gasteiger partial charge on any atom is 0.264 e. The van der Waals surface area contributed by atoms with Crippen LogP contribution in [0.4, 0.5) is 5.69 Å². The van der Waals surface area contributed by atoms with Gasteiger partial charge in [0.2, 0.25) is 11.8 Å². The molecule has 0 saturated carbocycles. The maximum absolute atomic E-state index is 13.4. The molecule has 1 aromatic carbocycles. The van der Waals surface area contributed by atoms with Gasteiger partial charge in [0.05, 0.1) is 11.4 Å². The molecule has 2 aliphatic heterocycles. The largest absolute Gasteiger partial charge is 0.378 e. The molecule has 4 amide bonds. The summed E-state index contributed by atoms with van der Waals surface area (Å²) in [6.45, 7) is 1.20. The lowest BCUT2D eigenvalue weighted by atomic mass is 10.0. The zero-order valence-electron chi connectivity index (χ0n) is 19.3. The number of carbonyl (C=O) groups excluding carboxylic acids is 4. The lowest BCUT2D eigenvalue weighted by molar-refractivity contribution is -0.133. The van der Waals surface area contributed by atoms with Gasteiger partial charge in [0, 0.05) is 45.0 Å². The average Bonchev–Trinajstić information content (AvgIpc) is 3.39. The molecule has 2 N–H and O–H groups in total. The van der Waals surface area contributed by atoms with Gasteiger partial charge in [-0.3, -0.25) is 19.2 Å². The van der Waals surface area contributed by atoms with Crippen molar-refractivity contribution < 1.29 is 19.2 Å². The van der Waals surface area contributed by atoms with E-state index in [1.807, 2.05) is 36.5 Å². The monoisotopic (exact) mass is 483 g/mol. The van der Waals surface area contributed by atoms with Crippen molar-refractivity contribution in [2.75, 3.05) is 45.2 Å². The first-order valence-corrected chi connectivity index (χ1v) is 12.2. The third kappa shape index (κ3) is 5.06. The van der Waals surface area contributed by atoms with E-state index in [1.165, 1.54) is 16.2 Å². The number of hydrogen-bond acceptors (Lipinski definition) is 6. The third-order valence-corrected chi connectivity index (χ3v) is 7.05. The molecule has 34 heavy (non-hydrogen) atoms. The van der Waals surface area contributed by atoms with Gasteiger partial charge < -0.3 is 25.3 Å². The van der Waals surface area contributed by atoms with Gasteiger partial charge >= 0.3 is 0 Å². The Kier molecular flexibility index (Phi) is 7.16. The van der Waals surface area contributed by atoms with E-state index >= 15 is 0 Å². The Balaban J connectivity index is 1.55. The minimum Gasteiger partial charge on any atom is -0.378 e.